The monoisotopic (exact) mass is 306 g/mol. The molecule has 0 heterocycles. The zero-order chi connectivity index (χ0) is 15.2. The maximum atomic E-state index is 10.6. The molecule has 21 heavy (non-hydrogen) atoms. The molecule has 0 radical (unpaired) electrons. The number of hydrogen-bond acceptors (Lipinski definition) is 4. The second kappa shape index (κ2) is 6.85. The number of nitrogens with one attached hydrogen (secondary N) is 1. The van der Waals surface area contributed by atoms with Gasteiger partial charge in [-0.15, -0.1) is 0 Å². The van der Waals surface area contributed by atoms with Crippen molar-refractivity contribution < 1.29 is 14.6 Å². The molecule has 2 rings (SSSR count). The Morgan fingerprint density at radius 1 is 1.24 bits per heavy atom. The lowest BCUT2D eigenvalue weighted by Gasteiger charge is -2.10. The van der Waals surface area contributed by atoms with Crippen LogP contribution in [0.4, 0.5) is 5.69 Å². The van der Waals surface area contributed by atoms with Gasteiger partial charge in [0.2, 0.25) is 0 Å². The molecule has 0 bridgehead atoms. The zero-order valence-electron chi connectivity index (χ0n) is 11.2. The Labute approximate surface area is 127 Å². The number of anilines is 1. The number of carbonyl (C=O) groups excluding carboxylic acids is 1. The van der Waals surface area contributed by atoms with E-state index in [9.17, 15) is 9.90 Å². The number of benzene rings is 2. The summed E-state index contributed by atoms with van der Waals surface area (Å²) >= 11 is 6.03. The van der Waals surface area contributed by atoms with Gasteiger partial charge in [-0.25, -0.2) is 0 Å². The van der Waals surface area contributed by atoms with Crippen molar-refractivity contribution in [2.75, 3.05) is 11.9 Å². The Kier molecular flexibility index (Phi) is 4.90. The molecule has 5 nitrogen and oxygen atoms in total. The molecule has 1 amide bonds. The average molecular weight is 307 g/mol. The highest BCUT2D eigenvalue weighted by Crippen LogP contribution is 2.26. The normalized spacial score (nSPS) is 10.1. The van der Waals surface area contributed by atoms with Crippen LogP contribution in [0, 0.1) is 0 Å². The molecule has 4 N–H and O–H groups in total. The van der Waals surface area contributed by atoms with E-state index in [1.165, 1.54) is 0 Å². The first kappa shape index (κ1) is 15.0. The Hall–Kier alpha value is -2.40. The minimum absolute atomic E-state index is 0.149. The molecule has 6 heteroatoms. The minimum Gasteiger partial charge on any atom is -0.508 e. The molecule has 0 saturated heterocycles. The van der Waals surface area contributed by atoms with Crippen molar-refractivity contribution in [3.8, 4) is 11.5 Å². The maximum absolute atomic E-state index is 10.6. The second-order valence-electron chi connectivity index (χ2n) is 4.37. The first-order valence-corrected chi connectivity index (χ1v) is 6.65. The van der Waals surface area contributed by atoms with Crippen LogP contribution in [0.3, 0.4) is 0 Å². The molecule has 0 aliphatic carbocycles. The van der Waals surface area contributed by atoms with E-state index in [1.54, 1.807) is 42.5 Å². The van der Waals surface area contributed by atoms with Gasteiger partial charge in [0, 0.05) is 22.8 Å². The van der Waals surface area contributed by atoms with Gasteiger partial charge in [-0.1, -0.05) is 17.7 Å². The molecule has 0 aromatic heterocycles. The molecule has 0 saturated carbocycles. The van der Waals surface area contributed by atoms with Crippen molar-refractivity contribution in [2.45, 2.75) is 6.54 Å². The number of rotatable bonds is 6. The van der Waals surface area contributed by atoms with E-state index in [-0.39, 0.29) is 12.4 Å². The van der Waals surface area contributed by atoms with E-state index in [4.69, 9.17) is 22.1 Å². The molecule has 0 unspecified atom stereocenters. The number of phenols is 1. The van der Waals surface area contributed by atoms with Crippen LogP contribution in [0.15, 0.2) is 42.5 Å². The summed E-state index contributed by atoms with van der Waals surface area (Å²) < 4.78 is 5.16. The summed E-state index contributed by atoms with van der Waals surface area (Å²) in [4.78, 5) is 10.6. The topological polar surface area (TPSA) is 84.6 Å². The number of hydrogen-bond donors (Lipinski definition) is 3. The highest BCUT2D eigenvalue weighted by Gasteiger charge is 2.05. The Morgan fingerprint density at radius 3 is 2.57 bits per heavy atom. The molecule has 0 aliphatic rings. The van der Waals surface area contributed by atoms with Gasteiger partial charge in [0.15, 0.2) is 6.61 Å². The van der Waals surface area contributed by atoms with E-state index < -0.39 is 5.91 Å². The highest BCUT2D eigenvalue weighted by molar-refractivity contribution is 6.31. The van der Waals surface area contributed by atoms with Crippen molar-refractivity contribution in [2.24, 2.45) is 5.73 Å². The van der Waals surface area contributed by atoms with Crippen LogP contribution in [0.2, 0.25) is 5.02 Å². The van der Waals surface area contributed by atoms with Crippen molar-refractivity contribution in [3.05, 3.63) is 53.1 Å². The number of primary amides is 1. The molecule has 0 fully saturated rings. The first-order valence-electron chi connectivity index (χ1n) is 6.27. The predicted molar refractivity (Wildman–Crippen MR) is 81.6 cm³/mol. The number of carbonyl (C=O) groups is 1. The van der Waals surface area contributed by atoms with E-state index in [2.05, 4.69) is 5.32 Å². The van der Waals surface area contributed by atoms with Crippen LogP contribution in [0.5, 0.6) is 11.5 Å². The molecular weight excluding hydrogens is 292 g/mol. The molecule has 110 valence electrons. The van der Waals surface area contributed by atoms with Gasteiger partial charge in [-0.05, 0) is 36.4 Å². The Bertz CT molecular complexity index is 609. The van der Waals surface area contributed by atoms with Gasteiger partial charge in [0.05, 0.1) is 0 Å². The third kappa shape index (κ3) is 4.29. The van der Waals surface area contributed by atoms with Crippen LogP contribution in [-0.4, -0.2) is 17.6 Å². The Morgan fingerprint density at radius 2 is 1.95 bits per heavy atom. The quantitative estimate of drug-likeness (QED) is 0.765. The van der Waals surface area contributed by atoms with E-state index >= 15 is 0 Å². The number of nitrogens with two attached hydrogens (primary N) is 1. The number of phenolic OH excluding ortho intramolecular Hbond substituents is 1. The highest BCUT2D eigenvalue weighted by atomic mass is 35.5. The molecule has 0 atom stereocenters. The Balaban J connectivity index is 1.96. The van der Waals surface area contributed by atoms with Crippen LogP contribution in [0.25, 0.3) is 0 Å². The summed E-state index contributed by atoms with van der Waals surface area (Å²) in [6.45, 7) is 0.243. The van der Waals surface area contributed by atoms with E-state index in [1.807, 2.05) is 0 Å². The summed E-state index contributed by atoms with van der Waals surface area (Å²) in [6, 6.07) is 12.0. The third-order valence-electron chi connectivity index (χ3n) is 2.80. The lowest BCUT2D eigenvalue weighted by Crippen LogP contribution is -2.19. The summed E-state index contributed by atoms with van der Waals surface area (Å²) in [5.74, 6) is 0.183. The van der Waals surface area contributed by atoms with Gasteiger partial charge in [-0.2, -0.15) is 0 Å². The number of halogens is 1. The van der Waals surface area contributed by atoms with Crippen molar-refractivity contribution >= 4 is 23.2 Å². The molecular formula is C15H15ClN2O3. The number of aromatic hydroxyl groups is 1. The summed E-state index contributed by atoms with van der Waals surface area (Å²) in [7, 11) is 0. The first-order chi connectivity index (χ1) is 10.1. The molecule has 0 spiro atoms. The predicted octanol–water partition coefficient (Wildman–Crippen LogP) is 2.52. The second-order valence-corrected chi connectivity index (χ2v) is 4.78. The fraction of sp³-hybridized carbons (Fsp3) is 0.133. The lowest BCUT2D eigenvalue weighted by molar-refractivity contribution is -0.119. The fourth-order valence-corrected chi connectivity index (χ4v) is 1.97. The third-order valence-corrected chi connectivity index (χ3v) is 3.15. The summed E-state index contributed by atoms with van der Waals surface area (Å²) in [5.41, 5.74) is 6.46. The zero-order valence-corrected chi connectivity index (χ0v) is 11.9. The largest absolute Gasteiger partial charge is 0.508 e. The molecule has 2 aromatic rings. The van der Waals surface area contributed by atoms with Crippen molar-refractivity contribution in [1.82, 2.24) is 0 Å². The average Bonchev–Trinajstić information content (AvgIpc) is 2.46. The number of ether oxygens (including phenoxy) is 1. The maximum Gasteiger partial charge on any atom is 0.255 e. The summed E-state index contributed by atoms with van der Waals surface area (Å²) in [5, 5.41) is 13.4. The smallest absolute Gasteiger partial charge is 0.255 e. The van der Waals surface area contributed by atoms with E-state index in [0.29, 0.717) is 22.9 Å². The van der Waals surface area contributed by atoms with Crippen LogP contribution in [-0.2, 0) is 11.3 Å². The standard InChI is InChI=1S/C15H15ClN2O3/c16-13-2-1-3-14(19)12(13)8-18-10-4-6-11(7-5-10)21-9-15(17)20/h1-7,18-19H,8-9H2,(H2,17,20). The van der Waals surface area contributed by atoms with Gasteiger partial charge in [0.1, 0.15) is 11.5 Å². The lowest BCUT2D eigenvalue weighted by atomic mass is 10.2. The van der Waals surface area contributed by atoms with Gasteiger partial charge in [-0.3, -0.25) is 4.79 Å². The van der Waals surface area contributed by atoms with Crippen molar-refractivity contribution in [3.63, 3.8) is 0 Å². The van der Waals surface area contributed by atoms with Crippen LogP contribution in [0.1, 0.15) is 5.56 Å². The van der Waals surface area contributed by atoms with E-state index in [0.717, 1.165) is 5.69 Å². The van der Waals surface area contributed by atoms with Crippen LogP contribution >= 0.6 is 11.6 Å². The van der Waals surface area contributed by atoms with Crippen molar-refractivity contribution in [1.29, 1.82) is 0 Å². The minimum atomic E-state index is -0.522. The van der Waals surface area contributed by atoms with Gasteiger partial charge in [0.25, 0.3) is 5.91 Å². The summed E-state index contributed by atoms with van der Waals surface area (Å²) in [6.07, 6.45) is 0. The van der Waals surface area contributed by atoms with Gasteiger partial charge >= 0.3 is 0 Å². The number of amides is 1. The molecule has 2 aromatic carbocycles. The van der Waals surface area contributed by atoms with Crippen LogP contribution < -0.4 is 15.8 Å². The molecule has 0 aliphatic heterocycles. The SMILES string of the molecule is NC(=O)COc1ccc(NCc2c(O)cccc2Cl)cc1. The van der Waals surface area contributed by atoms with Gasteiger partial charge < -0.3 is 20.9 Å². The fourth-order valence-electron chi connectivity index (χ4n) is 1.74.